The molecule has 0 bridgehead atoms. The fourth-order valence-electron chi connectivity index (χ4n) is 3.66. The Kier molecular flexibility index (Phi) is 4.85. The molecule has 1 aliphatic heterocycles. The predicted molar refractivity (Wildman–Crippen MR) is 100 cm³/mol. The number of amides is 1. The summed E-state index contributed by atoms with van der Waals surface area (Å²) in [5.74, 6) is -4.74. The lowest BCUT2D eigenvalue weighted by Gasteiger charge is -2.34. The van der Waals surface area contributed by atoms with Crippen LogP contribution in [-0.4, -0.2) is 29.4 Å². The summed E-state index contributed by atoms with van der Waals surface area (Å²) in [5.41, 5.74) is -0.337. The van der Waals surface area contributed by atoms with Gasteiger partial charge in [0.25, 0.3) is 11.5 Å². The third kappa shape index (κ3) is 3.15. The minimum absolute atomic E-state index is 0.00578. The minimum Gasteiger partial charge on any atom is -0.373 e. The van der Waals surface area contributed by atoms with Gasteiger partial charge >= 0.3 is 0 Å². The molecule has 1 aliphatic rings. The van der Waals surface area contributed by atoms with Crippen molar-refractivity contribution in [3.8, 4) is 0 Å². The number of H-pyrrole nitrogens is 1. The van der Waals surface area contributed by atoms with Gasteiger partial charge in [-0.25, -0.2) is 17.6 Å². The van der Waals surface area contributed by atoms with Crippen molar-refractivity contribution in [2.75, 3.05) is 13.7 Å². The van der Waals surface area contributed by atoms with Gasteiger partial charge in [-0.1, -0.05) is 0 Å². The van der Waals surface area contributed by atoms with Gasteiger partial charge in [0.2, 0.25) is 0 Å². The first kappa shape index (κ1) is 20.1. The van der Waals surface area contributed by atoms with E-state index in [-0.39, 0.29) is 35.1 Å². The van der Waals surface area contributed by atoms with Crippen LogP contribution in [0.3, 0.4) is 0 Å². The van der Waals surface area contributed by atoms with E-state index in [0.717, 1.165) is 24.3 Å². The van der Waals surface area contributed by atoms with E-state index in [1.807, 2.05) is 0 Å². The Labute approximate surface area is 167 Å². The number of fused-ring (bicyclic) bond motifs is 3. The molecule has 1 N–H and O–H groups in total. The molecule has 2 aromatic carbocycles. The van der Waals surface area contributed by atoms with Crippen molar-refractivity contribution >= 4 is 16.7 Å². The number of halogens is 4. The van der Waals surface area contributed by atoms with Gasteiger partial charge in [-0.3, -0.25) is 9.59 Å². The third-order valence-electron chi connectivity index (χ3n) is 5.36. The quantitative estimate of drug-likeness (QED) is 0.643. The fourth-order valence-corrected chi connectivity index (χ4v) is 3.66. The SMILES string of the molecule is Cc1c(F)cc(C(=O)N(C)[C@@H]2COCc3[nH]c(=O)c4cc(F)c(F)cc4c32)cc1F. The Hall–Kier alpha value is -3.20. The number of nitrogens with zero attached hydrogens (tertiary/aromatic N) is 1. The van der Waals surface area contributed by atoms with Crippen molar-refractivity contribution in [1.82, 2.24) is 9.88 Å². The third-order valence-corrected chi connectivity index (χ3v) is 5.36. The molecule has 1 aromatic heterocycles. The maximum atomic E-state index is 13.9. The van der Waals surface area contributed by atoms with Crippen LogP contribution in [0.5, 0.6) is 0 Å². The summed E-state index contributed by atoms with van der Waals surface area (Å²) in [4.78, 5) is 29.0. The van der Waals surface area contributed by atoms with Crippen molar-refractivity contribution in [2.24, 2.45) is 0 Å². The molecule has 0 unspecified atom stereocenters. The summed E-state index contributed by atoms with van der Waals surface area (Å²) < 4.78 is 60.9. The molecule has 156 valence electrons. The van der Waals surface area contributed by atoms with Crippen molar-refractivity contribution in [3.05, 3.63) is 80.3 Å². The number of ether oxygens (including phenoxy) is 1. The second kappa shape index (κ2) is 7.24. The maximum absolute atomic E-state index is 13.9. The van der Waals surface area contributed by atoms with Crippen LogP contribution >= 0.6 is 0 Å². The largest absolute Gasteiger partial charge is 0.373 e. The molecular weight excluding hydrogens is 404 g/mol. The summed E-state index contributed by atoms with van der Waals surface area (Å²) in [7, 11) is 1.40. The maximum Gasteiger partial charge on any atom is 0.256 e. The zero-order valence-electron chi connectivity index (χ0n) is 16.0. The normalized spacial score (nSPS) is 15.9. The van der Waals surface area contributed by atoms with Gasteiger partial charge in [-0.2, -0.15) is 0 Å². The summed E-state index contributed by atoms with van der Waals surface area (Å²) in [5, 5.41) is 0.0645. The minimum atomic E-state index is -1.17. The molecule has 0 saturated heterocycles. The number of aromatic amines is 1. The average Bonchev–Trinajstić information content (AvgIpc) is 2.71. The number of hydrogen-bond donors (Lipinski definition) is 1. The monoisotopic (exact) mass is 420 g/mol. The topological polar surface area (TPSA) is 62.4 Å². The van der Waals surface area contributed by atoms with Gasteiger partial charge in [-0.05, 0) is 36.6 Å². The highest BCUT2D eigenvalue weighted by atomic mass is 19.2. The Balaban J connectivity index is 1.84. The van der Waals surface area contributed by atoms with Gasteiger partial charge in [0.15, 0.2) is 11.6 Å². The number of hydrogen-bond acceptors (Lipinski definition) is 3. The molecule has 0 radical (unpaired) electrons. The fraction of sp³-hybridized carbons (Fsp3) is 0.238. The van der Waals surface area contributed by atoms with Crippen LogP contribution in [-0.2, 0) is 11.3 Å². The standard InChI is InChI=1S/C21H16F4N2O3/c1-9-13(22)3-10(4-14(9)23)21(29)27(2)18-8-30-7-17-19(18)11-5-15(24)16(25)6-12(11)20(28)26-17/h3-6,18H,7-8H2,1-2H3,(H,26,28)/t18-/m1/s1. The van der Waals surface area contributed by atoms with E-state index in [4.69, 9.17) is 4.74 Å². The zero-order chi connectivity index (χ0) is 21.7. The van der Waals surface area contributed by atoms with E-state index < -0.39 is 40.8 Å². The van der Waals surface area contributed by atoms with Gasteiger partial charge in [0.1, 0.15) is 11.6 Å². The Morgan fingerprint density at radius 1 is 1.03 bits per heavy atom. The molecule has 4 rings (SSSR count). The molecule has 0 spiro atoms. The molecular formula is C21H16F4N2O3. The lowest BCUT2D eigenvalue weighted by atomic mass is 9.95. The van der Waals surface area contributed by atoms with Crippen LogP contribution in [0.4, 0.5) is 17.6 Å². The van der Waals surface area contributed by atoms with E-state index >= 15 is 0 Å². The summed E-state index contributed by atoms with van der Waals surface area (Å²) in [6.45, 7) is 1.25. The lowest BCUT2D eigenvalue weighted by Crippen LogP contribution is -2.37. The number of benzene rings is 2. The summed E-state index contributed by atoms with van der Waals surface area (Å²) in [6, 6.07) is 2.76. The van der Waals surface area contributed by atoms with E-state index in [0.29, 0.717) is 11.3 Å². The first-order valence-electron chi connectivity index (χ1n) is 9.03. The second-order valence-electron chi connectivity index (χ2n) is 7.17. The number of carbonyl (C=O) groups is 1. The van der Waals surface area contributed by atoms with Gasteiger partial charge < -0.3 is 14.6 Å². The molecule has 0 saturated carbocycles. The van der Waals surface area contributed by atoms with Gasteiger partial charge in [-0.15, -0.1) is 0 Å². The van der Waals surface area contributed by atoms with E-state index in [1.165, 1.54) is 18.9 Å². The highest BCUT2D eigenvalue weighted by molar-refractivity contribution is 5.95. The number of likely N-dealkylation sites (N-methyl/N-ethyl adjacent to an activating group) is 1. The van der Waals surface area contributed by atoms with Crippen molar-refractivity contribution < 1.29 is 27.1 Å². The first-order chi connectivity index (χ1) is 14.2. The molecule has 0 fully saturated rings. The number of carbonyl (C=O) groups excluding carboxylic acids is 1. The van der Waals surface area contributed by atoms with Crippen LogP contribution < -0.4 is 5.56 Å². The van der Waals surface area contributed by atoms with Crippen molar-refractivity contribution in [2.45, 2.75) is 19.6 Å². The highest BCUT2D eigenvalue weighted by Crippen LogP contribution is 2.34. The molecule has 3 aromatic rings. The van der Waals surface area contributed by atoms with Crippen LogP contribution in [0.25, 0.3) is 10.8 Å². The van der Waals surface area contributed by atoms with Crippen LogP contribution in [0.2, 0.25) is 0 Å². The Morgan fingerprint density at radius 2 is 1.63 bits per heavy atom. The summed E-state index contributed by atoms with van der Waals surface area (Å²) >= 11 is 0. The van der Waals surface area contributed by atoms with Gasteiger partial charge in [0, 0.05) is 29.4 Å². The zero-order valence-corrected chi connectivity index (χ0v) is 16.0. The van der Waals surface area contributed by atoms with E-state index in [9.17, 15) is 27.2 Å². The average molecular weight is 420 g/mol. The number of rotatable bonds is 2. The Morgan fingerprint density at radius 3 is 2.27 bits per heavy atom. The smallest absolute Gasteiger partial charge is 0.256 e. The van der Waals surface area contributed by atoms with Crippen LogP contribution in [0.15, 0.2) is 29.1 Å². The summed E-state index contributed by atoms with van der Waals surface area (Å²) in [6.07, 6.45) is 0. The molecule has 0 aliphatic carbocycles. The molecule has 30 heavy (non-hydrogen) atoms. The molecule has 5 nitrogen and oxygen atoms in total. The molecule has 1 atom stereocenters. The molecule has 9 heteroatoms. The van der Waals surface area contributed by atoms with E-state index in [2.05, 4.69) is 4.98 Å². The van der Waals surface area contributed by atoms with E-state index in [1.54, 1.807) is 0 Å². The number of aromatic nitrogens is 1. The predicted octanol–water partition coefficient (Wildman–Crippen LogP) is 3.74. The van der Waals surface area contributed by atoms with Crippen molar-refractivity contribution in [3.63, 3.8) is 0 Å². The lowest BCUT2D eigenvalue weighted by molar-refractivity contribution is 0.0335. The van der Waals surface area contributed by atoms with Crippen LogP contribution in [0.1, 0.15) is 33.2 Å². The van der Waals surface area contributed by atoms with Crippen molar-refractivity contribution in [1.29, 1.82) is 0 Å². The molecule has 2 heterocycles. The Bertz CT molecular complexity index is 1230. The van der Waals surface area contributed by atoms with Gasteiger partial charge in [0.05, 0.1) is 24.6 Å². The van der Waals surface area contributed by atoms with Crippen LogP contribution in [0, 0.1) is 30.2 Å². The molecule has 1 amide bonds. The number of pyridine rings is 1. The second-order valence-corrected chi connectivity index (χ2v) is 7.17. The highest BCUT2D eigenvalue weighted by Gasteiger charge is 2.32. The number of nitrogens with one attached hydrogen (secondary N) is 1. The first-order valence-corrected chi connectivity index (χ1v) is 9.03.